The van der Waals surface area contributed by atoms with E-state index in [1.54, 1.807) is 12.4 Å². The van der Waals surface area contributed by atoms with E-state index < -0.39 is 18.1 Å². The lowest BCUT2D eigenvalue weighted by molar-refractivity contribution is -0.154. The highest BCUT2D eigenvalue weighted by atomic mass is 32.2. The first-order chi connectivity index (χ1) is 17.7. The average molecular weight is 518 g/mol. The molecular weight excluding hydrogens is 494 g/mol. The number of fused-ring (bicyclic) bond motifs is 1. The smallest absolute Gasteiger partial charge is 0.356 e. The van der Waals surface area contributed by atoms with Crippen molar-refractivity contribution in [2.24, 2.45) is 0 Å². The van der Waals surface area contributed by atoms with Crippen molar-refractivity contribution in [3.05, 3.63) is 112 Å². The lowest BCUT2D eigenvalue weighted by Crippen LogP contribution is -2.69. The van der Waals surface area contributed by atoms with Gasteiger partial charge < -0.3 is 10.1 Å². The van der Waals surface area contributed by atoms with E-state index in [0.29, 0.717) is 17.9 Å². The van der Waals surface area contributed by atoms with Crippen molar-refractivity contribution in [3.8, 4) is 0 Å². The van der Waals surface area contributed by atoms with Crippen LogP contribution in [0.5, 0.6) is 0 Å². The number of β-lactam (4-membered cyclic amide) rings is 1. The van der Waals surface area contributed by atoms with Crippen molar-refractivity contribution >= 4 is 41.8 Å². The molecule has 2 atom stereocenters. The Morgan fingerprint density at radius 3 is 2.33 bits per heavy atom. The van der Waals surface area contributed by atoms with Gasteiger partial charge >= 0.3 is 5.97 Å². The second-order valence-electron chi connectivity index (χ2n) is 8.19. The van der Waals surface area contributed by atoms with Crippen LogP contribution >= 0.6 is 23.5 Å². The monoisotopic (exact) mass is 517 g/mol. The Balaban J connectivity index is 1.47. The minimum absolute atomic E-state index is 0.253. The molecule has 2 aliphatic rings. The topological polar surface area (TPSA) is 88.6 Å². The van der Waals surface area contributed by atoms with Crippen LogP contribution in [-0.4, -0.2) is 45.3 Å². The molecule has 7 nitrogen and oxygen atoms in total. The Kier molecular flexibility index (Phi) is 7.39. The number of aromatic nitrogens is 1. The number of ether oxygens (including phenoxy) is 1. The lowest BCUT2D eigenvalue weighted by Gasteiger charge is -2.49. The van der Waals surface area contributed by atoms with Gasteiger partial charge in [-0.25, -0.2) is 4.79 Å². The molecule has 0 saturated carbocycles. The summed E-state index contributed by atoms with van der Waals surface area (Å²) in [6.45, 7) is 0. The maximum atomic E-state index is 13.8. The van der Waals surface area contributed by atoms with Crippen LogP contribution in [-0.2, 0) is 24.9 Å². The van der Waals surface area contributed by atoms with E-state index in [2.05, 4.69) is 10.3 Å². The van der Waals surface area contributed by atoms with Gasteiger partial charge in [-0.05, 0) is 28.8 Å². The Labute approximate surface area is 217 Å². The largest absolute Gasteiger partial charge is 0.448 e. The van der Waals surface area contributed by atoms with Gasteiger partial charge in [-0.1, -0.05) is 60.7 Å². The maximum Gasteiger partial charge on any atom is 0.356 e. The molecule has 5 rings (SSSR count). The normalized spacial score (nSPS) is 18.9. The summed E-state index contributed by atoms with van der Waals surface area (Å²) >= 11 is 3.03. The molecule has 0 unspecified atom stereocenters. The summed E-state index contributed by atoms with van der Waals surface area (Å²) in [4.78, 5) is 44.1. The van der Waals surface area contributed by atoms with Gasteiger partial charge in [-0.15, -0.1) is 23.5 Å². The van der Waals surface area contributed by atoms with Crippen molar-refractivity contribution in [1.29, 1.82) is 0 Å². The molecule has 36 heavy (non-hydrogen) atoms. The summed E-state index contributed by atoms with van der Waals surface area (Å²) in [5.41, 5.74) is 2.98. The third kappa shape index (κ3) is 4.89. The fourth-order valence-electron chi connectivity index (χ4n) is 4.18. The minimum atomic E-state index is -0.652. The third-order valence-electron chi connectivity index (χ3n) is 5.97. The average Bonchev–Trinajstić information content (AvgIpc) is 2.94. The predicted molar refractivity (Wildman–Crippen MR) is 139 cm³/mol. The van der Waals surface area contributed by atoms with Gasteiger partial charge in [0.1, 0.15) is 17.1 Å². The van der Waals surface area contributed by atoms with Gasteiger partial charge in [-0.2, -0.15) is 0 Å². The van der Waals surface area contributed by atoms with E-state index in [4.69, 9.17) is 4.74 Å². The van der Waals surface area contributed by atoms with Gasteiger partial charge in [-0.3, -0.25) is 19.5 Å². The summed E-state index contributed by atoms with van der Waals surface area (Å²) < 4.78 is 6.13. The highest BCUT2D eigenvalue weighted by Gasteiger charge is 2.54. The zero-order valence-electron chi connectivity index (χ0n) is 19.2. The van der Waals surface area contributed by atoms with Crippen molar-refractivity contribution in [2.45, 2.75) is 23.3 Å². The SMILES string of the molecule is O=CN[C@@H]1C(=O)N2C(C(=O)OC(c3ccccc3)c3ccccc3)=C(SCc3ccncc3)CS[C@@H]12. The Hall–Kier alpha value is -3.56. The molecule has 2 amide bonds. The fraction of sp³-hybridized carbons (Fsp3) is 0.185. The van der Waals surface area contributed by atoms with Crippen molar-refractivity contribution in [1.82, 2.24) is 15.2 Å². The third-order valence-corrected chi connectivity index (χ3v) is 8.59. The minimum Gasteiger partial charge on any atom is -0.448 e. The molecule has 0 radical (unpaired) electrons. The van der Waals surface area contributed by atoms with Crippen LogP contribution in [0.4, 0.5) is 0 Å². The van der Waals surface area contributed by atoms with E-state index in [0.717, 1.165) is 21.6 Å². The molecule has 1 fully saturated rings. The van der Waals surface area contributed by atoms with E-state index in [1.165, 1.54) is 28.4 Å². The van der Waals surface area contributed by atoms with Crippen LogP contribution < -0.4 is 5.32 Å². The quantitative estimate of drug-likeness (QED) is 0.262. The summed E-state index contributed by atoms with van der Waals surface area (Å²) in [6.07, 6.45) is 3.34. The van der Waals surface area contributed by atoms with Crippen LogP contribution in [0.15, 0.2) is 95.8 Å². The van der Waals surface area contributed by atoms with E-state index in [9.17, 15) is 14.4 Å². The molecule has 2 aliphatic heterocycles. The number of benzene rings is 2. The van der Waals surface area contributed by atoms with Crippen molar-refractivity contribution in [2.75, 3.05) is 5.75 Å². The predicted octanol–water partition coefficient (Wildman–Crippen LogP) is 3.89. The molecule has 1 aromatic heterocycles. The standard InChI is InChI=1S/C27H23N3O4S2/c31-17-29-22-25(32)30-23(21(16-36-26(22)30)35-15-18-11-13-28-14-12-18)27(33)34-24(19-7-3-1-4-8-19)20-9-5-2-6-10-20/h1-14,17,22,24,26H,15-16H2,(H,29,31)/t22-,26+/m1/s1. The number of hydrogen-bond acceptors (Lipinski definition) is 7. The van der Waals surface area contributed by atoms with Crippen molar-refractivity contribution < 1.29 is 19.1 Å². The first-order valence-electron chi connectivity index (χ1n) is 11.4. The number of nitrogens with zero attached hydrogens (tertiary/aromatic N) is 2. The first kappa shape index (κ1) is 24.1. The van der Waals surface area contributed by atoms with Crippen LogP contribution in [0.2, 0.25) is 0 Å². The molecular formula is C27H23N3O4S2. The summed E-state index contributed by atoms with van der Waals surface area (Å²) in [5, 5.41) is 2.23. The Morgan fingerprint density at radius 2 is 1.72 bits per heavy atom. The van der Waals surface area contributed by atoms with Crippen LogP contribution in [0, 0.1) is 0 Å². The number of amides is 2. The number of esters is 1. The van der Waals surface area contributed by atoms with Crippen LogP contribution in [0.1, 0.15) is 22.8 Å². The van der Waals surface area contributed by atoms with Crippen LogP contribution in [0.3, 0.4) is 0 Å². The molecule has 9 heteroatoms. The summed E-state index contributed by atoms with van der Waals surface area (Å²) in [7, 11) is 0. The summed E-state index contributed by atoms with van der Waals surface area (Å²) in [6, 6.07) is 22.3. The molecule has 0 spiro atoms. The Morgan fingerprint density at radius 1 is 1.08 bits per heavy atom. The maximum absolute atomic E-state index is 13.8. The van der Waals surface area contributed by atoms with E-state index in [1.807, 2.05) is 72.8 Å². The molecule has 0 aliphatic carbocycles. The first-order valence-corrected chi connectivity index (χ1v) is 13.4. The zero-order valence-corrected chi connectivity index (χ0v) is 20.8. The van der Waals surface area contributed by atoms with Gasteiger partial charge in [0, 0.05) is 28.8 Å². The van der Waals surface area contributed by atoms with E-state index >= 15 is 0 Å². The lowest BCUT2D eigenvalue weighted by atomic mass is 10.0. The fourth-order valence-corrected chi connectivity index (χ4v) is 6.78. The number of hydrogen-bond donors (Lipinski definition) is 1. The Bertz CT molecular complexity index is 1230. The van der Waals surface area contributed by atoms with E-state index in [-0.39, 0.29) is 17.0 Å². The van der Waals surface area contributed by atoms with Gasteiger partial charge in [0.2, 0.25) is 6.41 Å². The molecule has 1 saturated heterocycles. The number of nitrogens with one attached hydrogen (secondary N) is 1. The van der Waals surface area contributed by atoms with Gasteiger partial charge in [0.05, 0.1) is 0 Å². The van der Waals surface area contributed by atoms with Gasteiger partial charge in [0.15, 0.2) is 6.10 Å². The number of carbonyl (C=O) groups is 3. The highest BCUT2D eigenvalue weighted by Crippen LogP contribution is 2.45. The molecule has 3 aromatic rings. The molecule has 3 heterocycles. The van der Waals surface area contributed by atoms with Crippen LogP contribution in [0.25, 0.3) is 0 Å². The van der Waals surface area contributed by atoms with Crippen molar-refractivity contribution in [3.63, 3.8) is 0 Å². The second kappa shape index (κ2) is 11.0. The number of rotatable bonds is 9. The molecule has 2 aromatic carbocycles. The molecule has 0 bridgehead atoms. The highest BCUT2D eigenvalue weighted by molar-refractivity contribution is 8.05. The number of thioether (sulfide) groups is 2. The number of pyridine rings is 1. The summed E-state index contributed by atoms with van der Waals surface area (Å²) in [5.74, 6) is 0.281. The zero-order chi connectivity index (χ0) is 24.9. The molecule has 1 N–H and O–H groups in total. The number of carbonyl (C=O) groups excluding carboxylic acids is 3. The molecule has 182 valence electrons. The van der Waals surface area contributed by atoms with Gasteiger partial charge in [0.25, 0.3) is 5.91 Å². The second-order valence-corrected chi connectivity index (χ2v) is 10.4.